The van der Waals surface area contributed by atoms with Gasteiger partial charge < -0.3 is 15.4 Å². The van der Waals surface area contributed by atoms with Crippen molar-refractivity contribution in [1.82, 2.24) is 10.1 Å². The molecule has 0 amide bonds. The molecule has 0 bridgehead atoms. The summed E-state index contributed by atoms with van der Waals surface area (Å²) in [4.78, 5) is 4.34. The SMILES string of the molecule is NCCC(O)c1nc(C2CCCCCCC2)no1. The van der Waals surface area contributed by atoms with Crippen molar-refractivity contribution in [2.75, 3.05) is 6.54 Å². The zero-order valence-electron chi connectivity index (χ0n) is 10.8. The lowest BCUT2D eigenvalue weighted by Crippen LogP contribution is -2.08. The third-order valence-corrected chi connectivity index (χ3v) is 3.65. The van der Waals surface area contributed by atoms with Crippen molar-refractivity contribution in [2.24, 2.45) is 5.73 Å². The van der Waals surface area contributed by atoms with Crippen LogP contribution in [0.4, 0.5) is 0 Å². The monoisotopic (exact) mass is 253 g/mol. The predicted octanol–water partition coefficient (Wildman–Crippen LogP) is 2.28. The summed E-state index contributed by atoms with van der Waals surface area (Å²) in [6.45, 7) is 0.419. The van der Waals surface area contributed by atoms with Gasteiger partial charge in [-0.1, -0.05) is 37.3 Å². The average Bonchev–Trinajstić information content (AvgIpc) is 2.78. The Morgan fingerprint density at radius 1 is 1.22 bits per heavy atom. The van der Waals surface area contributed by atoms with Crippen LogP contribution in [0.5, 0.6) is 0 Å². The third-order valence-electron chi connectivity index (χ3n) is 3.65. The van der Waals surface area contributed by atoms with E-state index < -0.39 is 6.10 Å². The van der Waals surface area contributed by atoms with E-state index in [1.54, 1.807) is 0 Å². The van der Waals surface area contributed by atoms with Gasteiger partial charge in [0.15, 0.2) is 5.82 Å². The summed E-state index contributed by atoms with van der Waals surface area (Å²) < 4.78 is 5.14. The number of aliphatic hydroxyl groups excluding tert-OH is 1. The summed E-state index contributed by atoms with van der Waals surface area (Å²) >= 11 is 0. The second-order valence-electron chi connectivity index (χ2n) is 5.13. The van der Waals surface area contributed by atoms with E-state index in [1.807, 2.05) is 0 Å². The third kappa shape index (κ3) is 3.53. The first-order valence-corrected chi connectivity index (χ1v) is 7.03. The largest absolute Gasteiger partial charge is 0.383 e. The number of aromatic nitrogens is 2. The van der Waals surface area contributed by atoms with Crippen LogP contribution in [-0.2, 0) is 0 Å². The Morgan fingerprint density at radius 3 is 2.56 bits per heavy atom. The van der Waals surface area contributed by atoms with Crippen LogP contribution in [-0.4, -0.2) is 21.8 Å². The Labute approximate surface area is 108 Å². The number of rotatable bonds is 4. The summed E-state index contributed by atoms with van der Waals surface area (Å²) in [5.41, 5.74) is 5.40. The summed E-state index contributed by atoms with van der Waals surface area (Å²) in [5.74, 6) is 1.48. The van der Waals surface area contributed by atoms with E-state index in [0.29, 0.717) is 24.8 Å². The van der Waals surface area contributed by atoms with Gasteiger partial charge in [0, 0.05) is 5.92 Å². The van der Waals surface area contributed by atoms with Crippen LogP contribution in [0.1, 0.15) is 75.1 Å². The molecule has 1 aromatic heterocycles. The predicted molar refractivity (Wildman–Crippen MR) is 68.0 cm³/mol. The maximum Gasteiger partial charge on any atom is 0.255 e. The van der Waals surface area contributed by atoms with Gasteiger partial charge in [0.05, 0.1) is 0 Å². The van der Waals surface area contributed by atoms with E-state index in [-0.39, 0.29) is 0 Å². The highest BCUT2D eigenvalue weighted by Crippen LogP contribution is 2.29. The molecule has 0 aromatic carbocycles. The molecule has 0 saturated heterocycles. The Bertz CT molecular complexity index is 346. The number of nitrogens with two attached hydrogens (primary N) is 1. The first-order valence-electron chi connectivity index (χ1n) is 7.03. The van der Waals surface area contributed by atoms with Gasteiger partial charge in [0.25, 0.3) is 5.89 Å². The van der Waals surface area contributed by atoms with Crippen molar-refractivity contribution in [2.45, 2.75) is 63.4 Å². The molecule has 1 heterocycles. The standard InChI is InChI=1S/C13H23N3O2/c14-9-8-11(17)13-15-12(16-18-13)10-6-4-2-1-3-5-7-10/h10-11,17H,1-9,14H2. The van der Waals surface area contributed by atoms with Gasteiger partial charge in [-0.05, 0) is 25.8 Å². The molecule has 1 atom stereocenters. The summed E-state index contributed by atoms with van der Waals surface area (Å²) in [5, 5.41) is 13.8. The molecular weight excluding hydrogens is 230 g/mol. The molecule has 0 spiro atoms. The van der Waals surface area contributed by atoms with Gasteiger partial charge in [-0.3, -0.25) is 0 Å². The molecule has 0 aliphatic heterocycles. The Balaban J connectivity index is 1.98. The van der Waals surface area contributed by atoms with E-state index in [2.05, 4.69) is 10.1 Å². The molecule has 1 aliphatic carbocycles. The van der Waals surface area contributed by atoms with Crippen LogP contribution in [0, 0.1) is 0 Å². The van der Waals surface area contributed by atoms with Crippen molar-refractivity contribution in [3.63, 3.8) is 0 Å². The van der Waals surface area contributed by atoms with E-state index in [1.165, 1.54) is 32.1 Å². The highest BCUT2D eigenvalue weighted by atomic mass is 16.5. The molecule has 5 heteroatoms. The number of aliphatic hydroxyl groups is 1. The fraction of sp³-hybridized carbons (Fsp3) is 0.846. The number of hydrogen-bond donors (Lipinski definition) is 2. The molecule has 1 unspecified atom stereocenters. The summed E-state index contributed by atoms with van der Waals surface area (Å²) in [7, 11) is 0. The van der Waals surface area contributed by atoms with Gasteiger partial charge in [0.2, 0.25) is 0 Å². The molecule has 102 valence electrons. The molecule has 18 heavy (non-hydrogen) atoms. The number of nitrogens with zero attached hydrogens (tertiary/aromatic N) is 2. The Hall–Kier alpha value is -0.940. The topological polar surface area (TPSA) is 85.2 Å². The van der Waals surface area contributed by atoms with Crippen LogP contribution in [0.25, 0.3) is 0 Å². The summed E-state index contributed by atoms with van der Waals surface area (Å²) in [6.07, 6.45) is 8.43. The van der Waals surface area contributed by atoms with Crippen molar-refractivity contribution in [3.8, 4) is 0 Å². The Kier molecular flexibility index (Phi) is 5.13. The van der Waals surface area contributed by atoms with E-state index in [0.717, 1.165) is 18.7 Å². The lowest BCUT2D eigenvalue weighted by molar-refractivity contribution is 0.127. The maximum absolute atomic E-state index is 9.76. The van der Waals surface area contributed by atoms with Crippen molar-refractivity contribution >= 4 is 0 Å². The highest BCUT2D eigenvalue weighted by Gasteiger charge is 2.21. The van der Waals surface area contributed by atoms with E-state index >= 15 is 0 Å². The van der Waals surface area contributed by atoms with Crippen LogP contribution < -0.4 is 5.73 Å². The van der Waals surface area contributed by atoms with Crippen molar-refractivity contribution in [1.29, 1.82) is 0 Å². The quantitative estimate of drug-likeness (QED) is 0.859. The minimum absolute atomic E-state index is 0.317. The van der Waals surface area contributed by atoms with Crippen LogP contribution in [0.3, 0.4) is 0 Å². The van der Waals surface area contributed by atoms with Crippen LogP contribution >= 0.6 is 0 Å². The molecule has 3 N–H and O–H groups in total. The summed E-state index contributed by atoms with van der Waals surface area (Å²) in [6, 6.07) is 0. The zero-order valence-corrected chi connectivity index (χ0v) is 10.8. The minimum Gasteiger partial charge on any atom is -0.383 e. The maximum atomic E-state index is 9.76. The normalized spacial score (nSPS) is 20.3. The first-order chi connectivity index (χ1) is 8.81. The van der Waals surface area contributed by atoms with Crippen molar-refractivity contribution < 1.29 is 9.63 Å². The molecular formula is C13H23N3O2. The minimum atomic E-state index is -0.718. The molecule has 1 aliphatic rings. The average molecular weight is 253 g/mol. The second kappa shape index (κ2) is 6.85. The molecule has 5 nitrogen and oxygen atoms in total. The Morgan fingerprint density at radius 2 is 1.89 bits per heavy atom. The molecule has 2 rings (SSSR count). The van der Waals surface area contributed by atoms with Gasteiger partial charge in [-0.15, -0.1) is 0 Å². The fourth-order valence-corrected chi connectivity index (χ4v) is 2.54. The lowest BCUT2D eigenvalue weighted by Gasteiger charge is -2.15. The zero-order chi connectivity index (χ0) is 12.8. The number of hydrogen-bond acceptors (Lipinski definition) is 5. The van der Waals surface area contributed by atoms with Gasteiger partial charge in [-0.25, -0.2) is 0 Å². The molecule has 1 fully saturated rings. The first kappa shape index (κ1) is 13.5. The smallest absolute Gasteiger partial charge is 0.255 e. The second-order valence-corrected chi connectivity index (χ2v) is 5.13. The van der Waals surface area contributed by atoms with E-state index in [9.17, 15) is 5.11 Å². The van der Waals surface area contributed by atoms with Gasteiger partial charge in [0.1, 0.15) is 6.10 Å². The van der Waals surface area contributed by atoms with Crippen molar-refractivity contribution in [3.05, 3.63) is 11.7 Å². The van der Waals surface area contributed by atoms with Gasteiger partial charge >= 0.3 is 0 Å². The molecule has 1 saturated carbocycles. The molecule has 1 aromatic rings. The van der Waals surface area contributed by atoms with Crippen LogP contribution in [0.15, 0.2) is 4.52 Å². The van der Waals surface area contributed by atoms with Crippen LogP contribution in [0.2, 0.25) is 0 Å². The molecule has 0 radical (unpaired) electrons. The van der Waals surface area contributed by atoms with Gasteiger partial charge in [-0.2, -0.15) is 4.98 Å². The fourth-order valence-electron chi connectivity index (χ4n) is 2.54. The lowest BCUT2D eigenvalue weighted by atomic mass is 9.91. The van der Waals surface area contributed by atoms with E-state index in [4.69, 9.17) is 10.3 Å². The highest BCUT2D eigenvalue weighted by molar-refractivity contribution is 4.97.